The van der Waals surface area contributed by atoms with E-state index in [2.05, 4.69) is 15.6 Å². The summed E-state index contributed by atoms with van der Waals surface area (Å²) in [7, 11) is 1.61. The first-order chi connectivity index (χ1) is 16.1. The Morgan fingerprint density at radius 3 is 2.48 bits per heavy atom. The van der Waals surface area contributed by atoms with Gasteiger partial charge in [0.1, 0.15) is 18.1 Å². The molecule has 0 fully saturated rings. The molecule has 2 amide bonds. The number of benzene rings is 2. The zero-order valence-electron chi connectivity index (χ0n) is 18.5. The Labute approximate surface area is 191 Å². The summed E-state index contributed by atoms with van der Waals surface area (Å²) in [6.45, 7) is 2.38. The zero-order valence-corrected chi connectivity index (χ0v) is 18.5. The number of hydrogen-bond donors (Lipinski definition) is 1. The minimum atomic E-state index is -0.631. The summed E-state index contributed by atoms with van der Waals surface area (Å²) in [4.78, 5) is 27.1. The number of nitrogens with one attached hydrogen (secondary N) is 1. The molecule has 9 nitrogen and oxygen atoms in total. The second-order valence-corrected chi connectivity index (χ2v) is 7.44. The van der Waals surface area contributed by atoms with E-state index in [1.54, 1.807) is 24.9 Å². The molecule has 1 N–H and O–H groups in total. The quantitative estimate of drug-likeness (QED) is 0.533. The summed E-state index contributed by atoms with van der Waals surface area (Å²) in [6.07, 6.45) is 1.73. The van der Waals surface area contributed by atoms with Gasteiger partial charge in [-0.1, -0.05) is 53.7 Å². The van der Waals surface area contributed by atoms with Gasteiger partial charge in [-0.15, -0.1) is 5.10 Å². The number of allylic oxidation sites excluding steroid dienone is 1. The Morgan fingerprint density at radius 2 is 1.79 bits per heavy atom. The lowest BCUT2D eigenvalue weighted by molar-refractivity contribution is -0.139. The summed E-state index contributed by atoms with van der Waals surface area (Å²) < 4.78 is 12.6. The molecule has 33 heavy (non-hydrogen) atoms. The van der Waals surface area contributed by atoms with Gasteiger partial charge in [0.25, 0.3) is 0 Å². The van der Waals surface area contributed by atoms with Gasteiger partial charge in [-0.05, 0) is 24.6 Å². The molecule has 9 heteroatoms. The van der Waals surface area contributed by atoms with Crippen molar-refractivity contribution in [1.29, 1.82) is 0 Å². The topological polar surface area (TPSA) is 98.6 Å². The number of para-hydroxylation sites is 1. The van der Waals surface area contributed by atoms with Gasteiger partial charge in [0.15, 0.2) is 0 Å². The van der Waals surface area contributed by atoms with Gasteiger partial charge in [0, 0.05) is 7.05 Å². The molecule has 2 aromatic carbocycles. The first kappa shape index (κ1) is 22.1. The van der Waals surface area contributed by atoms with Crippen molar-refractivity contribution in [2.45, 2.75) is 26.1 Å². The third-order valence-corrected chi connectivity index (χ3v) is 5.23. The predicted octanol–water partition coefficient (Wildman–Crippen LogP) is 3.07. The highest BCUT2D eigenvalue weighted by atomic mass is 16.5. The second kappa shape index (κ2) is 9.99. The molecule has 170 valence electrons. The number of urea groups is 1. The zero-order chi connectivity index (χ0) is 23.2. The molecule has 1 aliphatic heterocycles. The molecule has 1 unspecified atom stereocenters. The average Bonchev–Trinajstić information content (AvgIpc) is 3.29. The molecule has 0 saturated carbocycles. The van der Waals surface area contributed by atoms with Crippen molar-refractivity contribution in [1.82, 2.24) is 25.2 Å². The summed E-state index contributed by atoms with van der Waals surface area (Å²) in [5.41, 5.74) is 2.27. The maximum absolute atomic E-state index is 13.0. The number of amides is 2. The molecule has 2 heterocycles. The summed E-state index contributed by atoms with van der Waals surface area (Å²) in [5.74, 6) is 0.245. The van der Waals surface area contributed by atoms with Crippen molar-refractivity contribution in [2.24, 2.45) is 0 Å². The molecule has 1 aromatic heterocycles. The highest BCUT2D eigenvalue weighted by Gasteiger charge is 2.36. The van der Waals surface area contributed by atoms with E-state index in [9.17, 15) is 9.59 Å². The van der Waals surface area contributed by atoms with E-state index in [4.69, 9.17) is 9.47 Å². The van der Waals surface area contributed by atoms with E-state index in [1.807, 2.05) is 60.7 Å². The van der Waals surface area contributed by atoms with Gasteiger partial charge in [0.2, 0.25) is 0 Å². The van der Waals surface area contributed by atoms with E-state index in [-0.39, 0.29) is 25.8 Å². The lowest BCUT2D eigenvalue weighted by Gasteiger charge is -2.34. The van der Waals surface area contributed by atoms with E-state index >= 15 is 0 Å². The largest absolute Gasteiger partial charge is 0.487 e. The van der Waals surface area contributed by atoms with E-state index in [0.717, 1.165) is 11.3 Å². The first-order valence-corrected chi connectivity index (χ1v) is 10.6. The van der Waals surface area contributed by atoms with Crippen LogP contribution < -0.4 is 10.1 Å². The minimum Gasteiger partial charge on any atom is -0.487 e. The van der Waals surface area contributed by atoms with Crippen LogP contribution in [0.3, 0.4) is 0 Å². The number of likely N-dealkylation sites (N-methyl/N-ethyl adjacent to an activating group) is 1. The van der Waals surface area contributed by atoms with Crippen molar-refractivity contribution in [2.75, 3.05) is 13.7 Å². The summed E-state index contributed by atoms with van der Waals surface area (Å²) in [6, 6.07) is 17.8. The molecule has 3 aromatic rings. The Hall–Kier alpha value is -4.14. The number of carbonyl (C=O) groups is 2. The van der Waals surface area contributed by atoms with Crippen LogP contribution >= 0.6 is 0 Å². The maximum atomic E-state index is 13.0. The van der Waals surface area contributed by atoms with Gasteiger partial charge < -0.3 is 14.8 Å². The van der Waals surface area contributed by atoms with Crippen LogP contribution in [0.15, 0.2) is 78.1 Å². The van der Waals surface area contributed by atoms with Gasteiger partial charge in [-0.25, -0.2) is 14.3 Å². The number of hydrogen-bond acceptors (Lipinski definition) is 6. The Bertz CT molecular complexity index is 1140. The van der Waals surface area contributed by atoms with Crippen LogP contribution in [-0.4, -0.2) is 45.5 Å². The standard InChI is InChI=1S/C24H25N5O4/c1-3-32-23(30)21-20(28(2)24(31)25-22(21)17-10-6-4-7-11-17)15-29-14-18(26-27-29)16-33-19-12-8-5-9-13-19/h4-14,22H,3,15-16H2,1-2H3,(H,25,31). The summed E-state index contributed by atoms with van der Waals surface area (Å²) in [5, 5.41) is 11.2. The molecule has 1 aliphatic rings. The van der Waals surface area contributed by atoms with Crippen LogP contribution in [0.1, 0.15) is 24.2 Å². The predicted molar refractivity (Wildman–Crippen MR) is 120 cm³/mol. The molecule has 0 spiro atoms. The smallest absolute Gasteiger partial charge is 0.338 e. The molecule has 4 rings (SSSR count). The normalized spacial score (nSPS) is 15.9. The van der Waals surface area contributed by atoms with Crippen molar-refractivity contribution < 1.29 is 19.1 Å². The van der Waals surface area contributed by atoms with Crippen LogP contribution in [0.25, 0.3) is 0 Å². The van der Waals surface area contributed by atoms with E-state index in [0.29, 0.717) is 17.0 Å². The fourth-order valence-corrected chi connectivity index (χ4v) is 3.60. The first-order valence-electron chi connectivity index (χ1n) is 10.6. The SMILES string of the molecule is CCOC(=O)C1=C(Cn2cc(COc3ccccc3)nn2)N(C)C(=O)NC1c1ccccc1. The Morgan fingerprint density at radius 1 is 1.09 bits per heavy atom. The third kappa shape index (κ3) is 5.03. The minimum absolute atomic E-state index is 0.166. The number of esters is 1. The molecule has 0 saturated heterocycles. The van der Waals surface area contributed by atoms with Crippen LogP contribution in [0.5, 0.6) is 5.75 Å². The molecule has 1 atom stereocenters. The average molecular weight is 447 g/mol. The number of ether oxygens (including phenoxy) is 2. The lowest BCUT2D eigenvalue weighted by atomic mass is 9.94. The third-order valence-electron chi connectivity index (χ3n) is 5.23. The molecular formula is C24H25N5O4. The highest BCUT2D eigenvalue weighted by Crippen LogP contribution is 2.31. The fourth-order valence-electron chi connectivity index (χ4n) is 3.60. The second-order valence-electron chi connectivity index (χ2n) is 7.44. The van der Waals surface area contributed by atoms with Gasteiger partial charge in [-0.3, -0.25) is 4.90 Å². The van der Waals surface area contributed by atoms with E-state index < -0.39 is 12.0 Å². The monoisotopic (exact) mass is 447 g/mol. The molecule has 0 radical (unpaired) electrons. The highest BCUT2D eigenvalue weighted by molar-refractivity contribution is 5.95. The number of nitrogens with zero attached hydrogens (tertiary/aromatic N) is 4. The van der Waals surface area contributed by atoms with Gasteiger partial charge in [0.05, 0.1) is 36.7 Å². The van der Waals surface area contributed by atoms with Crippen LogP contribution in [0.4, 0.5) is 4.79 Å². The van der Waals surface area contributed by atoms with Crippen molar-refractivity contribution in [3.63, 3.8) is 0 Å². The lowest BCUT2D eigenvalue weighted by Crippen LogP contribution is -2.47. The van der Waals surface area contributed by atoms with Crippen molar-refractivity contribution in [3.8, 4) is 5.75 Å². The Kier molecular flexibility index (Phi) is 6.68. The van der Waals surface area contributed by atoms with Crippen LogP contribution in [-0.2, 0) is 22.7 Å². The van der Waals surface area contributed by atoms with Crippen LogP contribution in [0.2, 0.25) is 0 Å². The number of rotatable bonds is 8. The maximum Gasteiger partial charge on any atom is 0.338 e. The number of aromatic nitrogens is 3. The van der Waals surface area contributed by atoms with Crippen molar-refractivity contribution >= 4 is 12.0 Å². The van der Waals surface area contributed by atoms with Crippen LogP contribution in [0, 0.1) is 0 Å². The van der Waals surface area contributed by atoms with Crippen molar-refractivity contribution in [3.05, 3.63) is 89.4 Å². The molecule has 0 aliphatic carbocycles. The van der Waals surface area contributed by atoms with Gasteiger partial charge >= 0.3 is 12.0 Å². The fraction of sp³-hybridized carbons (Fsp3) is 0.250. The van der Waals surface area contributed by atoms with E-state index in [1.165, 1.54) is 4.90 Å². The van der Waals surface area contributed by atoms with Gasteiger partial charge in [-0.2, -0.15) is 0 Å². The summed E-state index contributed by atoms with van der Waals surface area (Å²) >= 11 is 0. The Balaban J connectivity index is 1.62. The number of carbonyl (C=O) groups excluding carboxylic acids is 2. The molecular weight excluding hydrogens is 422 g/mol. The molecule has 0 bridgehead atoms.